The monoisotopic (exact) mass is 435 g/mol. The maximum absolute atomic E-state index is 12.7. The van der Waals surface area contributed by atoms with E-state index in [2.05, 4.69) is 30.6 Å². The van der Waals surface area contributed by atoms with Crippen molar-refractivity contribution in [3.05, 3.63) is 70.7 Å². The first-order valence-corrected chi connectivity index (χ1v) is 8.45. The number of nitrogens with zero attached hydrogens (tertiary/aromatic N) is 3. The van der Waals surface area contributed by atoms with E-state index in [0.29, 0.717) is 22.0 Å². The van der Waals surface area contributed by atoms with Crippen LogP contribution < -0.4 is 0 Å². The highest BCUT2D eigenvalue weighted by Crippen LogP contribution is 2.30. The molecule has 0 unspecified atom stereocenters. The zero-order valence-electron chi connectivity index (χ0n) is 13.4. The van der Waals surface area contributed by atoms with Crippen LogP contribution >= 0.6 is 15.9 Å². The molecule has 0 radical (unpaired) electrons. The molecule has 0 amide bonds. The molecule has 4 rings (SSSR count). The predicted octanol–water partition coefficient (Wildman–Crippen LogP) is 5.16. The van der Waals surface area contributed by atoms with Gasteiger partial charge < -0.3 is 4.52 Å². The molecule has 0 aliphatic heterocycles. The van der Waals surface area contributed by atoms with Crippen LogP contribution in [-0.2, 0) is 6.18 Å². The first kappa shape index (κ1) is 17.5. The molecule has 0 atom stereocenters. The lowest BCUT2D eigenvalue weighted by molar-refractivity contribution is -0.159. The van der Waals surface area contributed by atoms with Gasteiger partial charge in [0.15, 0.2) is 0 Å². The quantitative estimate of drug-likeness (QED) is 0.436. The van der Waals surface area contributed by atoms with Gasteiger partial charge >= 0.3 is 12.1 Å². The molecular weight excluding hydrogens is 427 g/mol. The number of hydrogen-bond acceptors (Lipinski definition) is 4. The molecule has 0 saturated heterocycles. The molecule has 0 aliphatic carbocycles. The number of carbonyl (C=O) groups is 1. The van der Waals surface area contributed by atoms with E-state index >= 15 is 0 Å². The van der Waals surface area contributed by atoms with E-state index < -0.39 is 12.1 Å². The van der Waals surface area contributed by atoms with Gasteiger partial charge in [0.25, 0.3) is 5.91 Å². The Morgan fingerprint density at radius 1 is 1.11 bits per heavy atom. The maximum Gasteiger partial charge on any atom is 0.471 e. The summed E-state index contributed by atoms with van der Waals surface area (Å²) in [6.45, 7) is 0. The van der Waals surface area contributed by atoms with Crippen molar-refractivity contribution in [2.24, 2.45) is 0 Å². The summed E-state index contributed by atoms with van der Waals surface area (Å²) in [5.41, 5.74) is 1.47. The number of carbonyl (C=O) groups excluding carboxylic acids is 1. The summed E-state index contributed by atoms with van der Waals surface area (Å²) >= 11 is 3.33. The molecule has 27 heavy (non-hydrogen) atoms. The summed E-state index contributed by atoms with van der Waals surface area (Å²) in [5.74, 6) is -1.80. The van der Waals surface area contributed by atoms with Crippen molar-refractivity contribution in [2.45, 2.75) is 6.18 Å². The predicted molar refractivity (Wildman–Crippen MR) is 94.1 cm³/mol. The molecule has 136 valence electrons. The van der Waals surface area contributed by atoms with Gasteiger partial charge in [0.1, 0.15) is 0 Å². The number of alkyl halides is 3. The minimum absolute atomic E-state index is 0.171. The van der Waals surface area contributed by atoms with Gasteiger partial charge in [-0.2, -0.15) is 18.2 Å². The van der Waals surface area contributed by atoms with Crippen LogP contribution in [0.5, 0.6) is 0 Å². The standard InChI is InChI=1S/C18H9BrF3N3O2/c19-13-3-1-2-12(9-13)16(26)25-7-6-10-8-11(4-5-14(10)25)15-23-17(27-24-15)18(20,21)22/h1-9H. The highest BCUT2D eigenvalue weighted by Gasteiger charge is 2.38. The van der Waals surface area contributed by atoms with Gasteiger partial charge in [-0.25, -0.2) is 0 Å². The maximum atomic E-state index is 12.7. The first-order valence-electron chi connectivity index (χ1n) is 7.65. The van der Waals surface area contributed by atoms with Gasteiger partial charge in [-0.15, -0.1) is 0 Å². The average Bonchev–Trinajstić information content (AvgIpc) is 3.27. The molecule has 2 aromatic carbocycles. The Bertz CT molecular complexity index is 1160. The van der Waals surface area contributed by atoms with Crippen LogP contribution in [0, 0.1) is 0 Å². The van der Waals surface area contributed by atoms with Crippen molar-refractivity contribution in [1.82, 2.24) is 14.7 Å². The Morgan fingerprint density at radius 2 is 1.93 bits per heavy atom. The fourth-order valence-electron chi connectivity index (χ4n) is 2.68. The Labute approximate surface area is 158 Å². The zero-order chi connectivity index (χ0) is 19.2. The molecule has 2 heterocycles. The molecule has 5 nitrogen and oxygen atoms in total. The fourth-order valence-corrected chi connectivity index (χ4v) is 3.07. The Kier molecular flexibility index (Phi) is 4.11. The topological polar surface area (TPSA) is 60.9 Å². The van der Waals surface area contributed by atoms with Crippen molar-refractivity contribution in [1.29, 1.82) is 0 Å². The summed E-state index contributed by atoms with van der Waals surface area (Å²) < 4.78 is 44.3. The van der Waals surface area contributed by atoms with E-state index in [1.54, 1.807) is 42.6 Å². The summed E-state index contributed by atoms with van der Waals surface area (Å²) in [6.07, 6.45) is -3.09. The van der Waals surface area contributed by atoms with E-state index in [0.717, 1.165) is 4.47 Å². The minimum Gasteiger partial charge on any atom is -0.329 e. The normalized spacial score (nSPS) is 11.9. The summed E-state index contributed by atoms with van der Waals surface area (Å²) in [6, 6.07) is 13.4. The molecule has 0 fully saturated rings. The number of benzene rings is 2. The van der Waals surface area contributed by atoms with Gasteiger partial charge in [0.2, 0.25) is 5.82 Å². The van der Waals surface area contributed by atoms with Crippen LogP contribution in [0.15, 0.2) is 63.7 Å². The number of rotatable bonds is 2. The summed E-state index contributed by atoms with van der Waals surface area (Å²) in [4.78, 5) is 16.1. The lowest BCUT2D eigenvalue weighted by atomic mass is 10.1. The van der Waals surface area contributed by atoms with E-state index in [1.165, 1.54) is 10.6 Å². The van der Waals surface area contributed by atoms with Crippen molar-refractivity contribution in [3.8, 4) is 11.4 Å². The molecular formula is C18H9BrF3N3O2. The molecule has 0 N–H and O–H groups in total. The van der Waals surface area contributed by atoms with Crippen LogP contribution in [0.2, 0.25) is 0 Å². The van der Waals surface area contributed by atoms with Gasteiger partial charge in [-0.1, -0.05) is 27.2 Å². The van der Waals surface area contributed by atoms with Crippen LogP contribution in [0.25, 0.3) is 22.3 Å². The average molecular weight is 436 g/mol. The summed E-state index contributed by atoms with van der Waals surface area (Å²) in [5, 5.41) is 4.04. The highest BCUT2D eigenvalue weighted by molar-refractivity contribution is 9.10. The van der Waals surface area contributed by atoms with Crippen LogP contribution in [-0.4, -0.2) is 20.6 Å². The Hall–Kier alpha value is -2.94. The van der Waals surface area contributed by atoms with Crippen LogP contribution in [0.1, 0.15) is 16.2 Å². The SMILES string of the molecule is O=C(c1cccc(Br)c1)n1ccc2cc(-c3noc(C(F)(F)F)n3)ccc21. The van der Waals surface area contributed by atoms with E-state index in [1.807, 2.05) is 6.07 Å². The van der Waals surface area contributed by atoms with Gasteiger partial charge in [0, 0.05) is 27.2 Å². The molecule has 0 aliphatic rings. The summed E-state index contributed by atoms with van der Waals surface area (Å²) in [7, 11) is 0. The molecule has 4 aromatic rings. The molecule has 0 spiro atoms. The molecule has 9 heteroatoms. The Balaban J connectivity index is 1.72. The van der Waals surface area contributed by atoms with Crippen LogP contribution in [0.3, 0.4) is 0 Å². The minimum atomic E-state index is -4.70. The molecule has 0 bridgehead atoms. The number of fused-ring (bicyclic) bond motifs is 1. The number of hydrogen-bond donors (Lipinski definition) is 0. The number of aromatic nitrogens is 3. The third kappa shape index (κ3) is 3.25. The lowest BCUT2D eigenvalue weighted by Crippen LogP contribution is -2.10. The van der Waals surface area contributed by atoms with E-state index in [-0.39, 0.29) is 11.7 Å². The smallest absolute Gasteiger partial charge is 0.329 e. The van der Waals surface area contributed by atoms with E-state index in [4.69, 9.17) is 0 Å². The highest BCUT2D eigenvalue weighted by atomic mass is 79.9. The second-order valence-corrected chi connectivity index (χ2v) is 6.61. The third-order valence-corrected chi connectivity index (χ3v) is 4.40. The second-order valence-electron chi connectivity index (χ2n) is 5.70. The zero-order valence-corrected chi connectivity index (χ0v) is 15.0. The van der Waals surface area contributed by atoms with E-state index in [9.17, 15) is 18.0 Å². The van der Waals surface area contributed by atoms with Crippen molar-refractivity contribution in [3.63, 3.8) is 0 Å². The molecule has 2 aromatic heterocycles. The van der Waals surface area contributed by atoms with Crippen molar-refractivity contribution in [2.75, 3.05) is 0 Å². The fraction of sp³-hybridized carbons (Fsp3) is 0.0556. The number of halogens is 4. The third-order valence-electron chi connectivity index (χ3n) is 3.91. The molecule has 0 saturated carbocycles. The van der Waals surface area contributed by atoms with Crippen molar-refractivity contribution >= 4 is 32.7 Å². The van der Waals surface area contributed by atoms with Crippen LogP contribution in [0.4, 0.5) is 13.2 Å². The van der Waals surface area contributed by atoms with Gasteiger partial charge in [-0.3, -0.25) is 9.36 Å². The lowest BCUT2D eigenvalue weighted by Gasteiger charge is -2.05. The first-order chi connectivity index (χ1) is 12.8. The second kappa shape index (κ2) is 6.34. The van der Waals surface area contributed by atoms with Gasteiger partial charge in [0.05, 0.1) is 5.52 Å². The Morgan fingerprint density at radius 3 is 2.63 bits per heavy atom. The van der Waals surface area contributed by atoms with Crippen molar-refractivity contribution < 1.29 is 22.5 Å². The largest absolute Gasteiger partial charge is 0.471 e. The van der Waals surface area contributed by atoms with Gasteiger partial charge in [-0.05, 0) is 42.5 Å².